The summed E-state index contributed by atoms with van der Waals surface area (Å²) in [6, 6.07) is 20.9. The number of H-pyrrole nitrogens is 1. The maximum absolute atomic E-state index is 13.5. The average Bonchev–Trinajstić information content (AvgIpc) is 3.32. The van der Waals surface area contributed by atoms with E-state index in [1.165, 1.54) is 4.57 Å². The van der Waals surface area contributed by atoms with Crippen molar-refractivity contribution < 1.29 is 4.79 Å². The molecule has 0 bridgehead atoms. The molecule has 0 atom stereocenters. The van der Waals surface area contributed by atoms with Gasteiger partial charge in [-0.05, 0) is 48.2 Å². The Bertz CT molecular complexity index is 1530. The number of hydrogen-bond acceptors (Lipinski definition) is 4. The van der Waals surface area contributed by atoms with Crippen LogP contribution in [0.25, 0.3) is 22.2 Å². The van der Waals surface area contributed by atoms with Gasteiger partial charge in [-0.1, -0.05) is 54.1 Å². The molecule has 2 aromatic carbocycles. The maximum atomic E-state index is 13.5. The molecule has 0 radical (unpaired) electrons. The summed E-state index contributed by atoms with van der Waals surface area (Å²) in [6.45, 7) is 0.207. The normalized spacial score (nSPS) is 11.0. The number of nitrogens with zero attached hydrogens (tertiary/aromatic N) is 3. The quantitative estimate of drug-likeness (QED) is 0.329. The fourth-order valence-electron chi connectivity index (χ4n) is 4.13. The molecule has 0 spiro atoms. The first-order chi connectivity index (χ1) is 17.6. The SMILES string of the molecule is O=C(Cn1c(-c2ccccc2)cnc(CCc2ccc(Cl)cc2)c1=O)NCc1cc2cnccc2[nH]1. The number of benzene rings is 2. The van der Waals surface area contributed by atoms with Crippen LogP contribution in [0, 0.1) is 0 Å². The molecule has 0 aliphatic heterocycles. The van der Waals surface area contributed by atoms with Crippen LogP contribution < -0.4 is 10.9 Å². The number of amides is 1. The summed E-state index contributed by atoms with van der Waals surface area (Å²) in [5, 5.41) is 4.56. The summed E-state index contributed by atoms with van der Waals surface area (Å²) in [7, 11) is 0. The fraction of sp³-hybridized carbons (Fsp3) is 0.143. The van der Waals surface area contributed by atoms with E-state index < -0.39 is 0 Å². The molecule has 3 aromatic heterocycles. The molecular weight excluding hydrogens is 474 g/mol. The first-order valence-corrected chi connectivity index (χ1v) is 12.0. The van der Waals surface area contributed by atoms with Crippen LogP contribution in [-0.4, -0.2) is 25.4 Å². The van der Waals surface area contributed by atoms with Crippen molar-refractivity contribution in [3.8, 4) is 11.3 Å². The van der Waals surface area contributed by atoms with E-state index >= 15 is 0 Å². The highest BCUT2D eigenvalue weighted by molar-refractivity contribution is 6.30. The third-order valence-corrected chi connectivity index (χ3v) is 6.27. The summed E-state index contributed by atoms with van der Waals surface area (Å²) < 4.78 is 1.50. The van der Waals surface area contributed by atoms with Crippen LogP contribution in [0.5, 0.6) is 0 Å². The molecule has 1 amide bonds. The van der Waals surface area contributed by atoms with Gasteiger partial charge in [-0.2, -0.15) is 0 Å². The van der Waals surface area contributed by atoms with Crippen molar-refractivity contribution in [2.45, 2.75) is 25.9 Å². The molecule has 0 aliphatic carbocycles. The topological polar surface area (TPSA) is 92.7 Å². The largest absolute Gasteiger partial charge is 0.357 e. The van der Waals surface area contributed by atoms with Crippen molar-refractivity contribution in [2.75, 3.05) is 0 Å². The lowest BCUT2D eigenvalue weighted by molar-refractivity contribution is -0.121. The standard InChI is InChI=1S/C28H24ClN5O2/c29-22-9-6-19(7-10-22)8-11-25-28(36)34(26(17-31-25)20-4-2-1-3-5-20)18-27(35)32-16-23-14-21-15-30-13-12-24(21)33-23/h1-7,9-10,12-15,17,33H,8,11,16,18H2,(H,32,35). The Morgan fingerprint density at radius 2 is 1.81 bits per heavy atom. The van der Waals surface area contributed by atoms with Gasteiger partial charge in [0.05, 0.1) is 18.4 Å². The molecule has 2 N–H and O–H groups in total. The number of carbonyl (C=O) groups is 1. The van der Waals surface area contributed by atoms with E-state index in [0.717, 1.165) is 27.7 Å². The summed E-state index contributed by atoms with van der Waals surface area (Å²) in [4.78, 5) is 38.2. The highest BCUT2D eigenvalue weighted by Gasteiger charge is 2.15. The zero-order valence-electron chi connectivity index (χ0n) is 19.4. The van der Waals surface area contributed by atoms with Gasteiger partial charge in [0.15, 0.2) is 0 Å². The van der Waals surface area contributed by atoms with Gasteiger partial charge in [-0.3, -0.25) is 24.1 Å². The highest BCUT2D eigenvalue weighted by atomic mass is 35.5. The van der Waals surface area contributed by atoms with E-state index in [1.54, 1.807) is 18.6 Å². The number of nitrogens with one attached hydrogen (secondary N) is 2. The van der Waals surface area contributed by atoms with Crippen LogP contribution in [0.3, 0.4) is 0 Å². The molecule has 0 fully saturated rings. The van der Waals surface area contributed by atoms with Crippen molar-refractivity contribution in [3.05, 3.63) is 118 Å². The Labute approximate surface area is 212 Å². The molecule has 0 unspecified atom stereocenters. The highest BCUT2D eigenvalue weighted by Crippen LogP contribution is 2.18. The average molecular weight is 498 g/mol. The minimum atomic E-state index is -0.267. The molecule has 180 valence electrons. The van der Waals surface area contributed by atoms with Gasteiger partial charge in [0.2, 0.25) is 5.91 Å². The van der Waals surface area contributed by atoms with Gasteiger partial charge in [0.1, 0.15) is 12.2 Å². The lowest BCUT2D eigenvalue weighted by atomic mass is 10.1. The van der Waals surface area contributed by atoms with Crippen LogP contribution in [0.2, 0.25) is 5.02 Å². The molecule has 0 saturated carbocycles. The third-order valence-electron chi connectivity index (χ3n) is 6.01. The molecule has 0 aliphatic rings. The minimum Gasteiger partial charge on any atom is -0.357 e. The minimum absolute atomic E-state index is 0.110. The maximum Gasteiger partial charge on any atom is 0.273 e. The van der Waals surface area contributed by atoms with Crippen molar-refractivity contribution >= 4 is 28.4 Å². The van der Waals surface area contributed by atoms with Gasteiger partial charge in [-0.25, -0.2) is 0 Å². The van der Waals surface area contributed by atoms with Crippen LogP contribution in [0.1, 0.15) is 17.0 Å². The van der Waals surface area contributed by atoms with Crippen molar-refractivity contribution in [1.82, 2.24) is 24.8 Å². The van der Waals surface area contributed by atoms with Gasteiger partial charge in [0, 0.05) is 34.0 Å². The second kappa shape index (κ2) is 10.6. The summed E-state index contributed by atoms with van der Waals surface area (Å²) in [5.41, 5.74) is 4.45. The van der Waals surface area contributed by atoms with Crippen LogP contribution >= 0.6 is 11.6 Å². The molecule has 5 aromatic rings. The van der Waals surface area contributed by atoms with Gasteiger partial charge >= 0.3 is 0 Å². The smallest absolute Gasteiger partial charge is 0.273 e. The molecule has 0 saturated heterocycles. The van der Waals surface area contributed by atoms with E-state index in [-0.39, 0.29) is 18.0 Å². The Balaban J connectivity index is 1.36. The predicted octanol–water partition coefficient (Wildman–Crippen LogP) is 4.54. The van der Waals surface area contributed by atoms with Gasteiger partial charge < -0.3 is 10.3 Å². The fourth-order valence-corrected chi connectivity index (χ4v) is 4.26. The third kappa shape index (κ3) is 5.37. The molecule has 8 heteroatoms. The zero-order chi connectivity index (χ0) is 24.9. The van der Waals surface area contributed by atoms with E-state index in [2.05, 4.69) is 20.3 Å². The van der Waals surface area contributed by atoms with Crippen molar-refractivity contribution in [1.29, 1.82) is 0 Å². The van der Waals surface area contributed by atoms with E-state index in [1.807, 2.05) is 66.7 Å². The Kier molecular flexibility index (Phi) is 6.91. The van der Waals surface area contributed by atoms with Crippen LogP contribution in [0.15, 0.2) is 90.1 Å². The van der Waals surface area contributed by atoms with E-state index in [4.69, 9.17) is 11.6 Å². The number of carbonyl (C=O) groups excluding carboxylic acids is 1. The number of aromatic amines is 1. The van der Waals surface area contributed by atoms with Crippen molar-refractivity contribution in [2.24, 2.45) is 0 Å². The Morgan fingerprint density at radius 1 is 1.00 bits per heavy atom. The number of rotatable bonds is 8. The molecule has 5 rings (SSSR count). The first-order valence-electron chi connectivity index (χ1n) is 11.6. The van der Waals surface area contributed by atoms with Gasteiger partial charge in [0.25, 0.3) is 5.56 Å². The van der Waals surface area contributed by atoms with Crippen LogP contribution in [-0.2, 0) is 30.7 Å². The monoisotopic (exact) mass is 497 g/mol. The Morgan fingerprint density at radius 3 is 2.58 bits per heavy atom. The summed E-state index contributed by atoms with van der Waals surface area (Å²) >= 11 is 5.98. The second-order valence-electron chi connectivity index (χ2n) is 8.51. The number of pyridine rings is 1. The number of fused-ring (bicyclic) bond motifs is 1. The molecule has 3 heterocycles. The molecule has 7 nitrogen and oxygen atoms in total. The van der Waals surface area contributed by atoms with E-state index in [9.17, 15) is 9.59 Å². The van der Waals surface area contributed by atoms with E-state index in [0.29, 0.717) is 35.8 Å². The summed E-state index contributed by atoms with van der Waals surface area (Å²) in [6.07, 6.45) is 6.26. The number of aromatic nitrogens is 4. The summed E-state index contributed by atoms with van der Waals surface area (Å²) in [5.74, 6) is -0.263. The number of aryl methyl sites for hydroxylation is 2. The van der Waals surface area contributed by atoms with Gasteiger partial charge in [-0.15, -0.1) is 0 Å². The number of hydrogen-bond donors (Lipinski definition) is 2. The lowest BCUT2D eigenvalue weighted by Gasteiger charge is -2.14. The predicted molar refractivity (Wildman–Crippen MR) is 141 cm³/mol. The number of halogens is 1. The zero-order valence-corrected chi connectivity index (χ0v) is 20.2. The molecule has 36 heavy (non-hydrogen) atoms. The van der Waals surface area contributed by atoms with Crippen LogP contribution in [0.4, 0.5) is 0 Å². The lowest BCUT2D eigenvalue weighted by Crippen LogP contribution is -2.34. The second-order valence-corrected chi connectivity index (χ2v) is 8.94. The first kappa shape index (κ1) is 23.5. The molecular formula is C28H24ClN5O2. The Hall–Kier alpha value is -4.23. The van der Waals surface area contributed by atoms with Crippen molar-refractivity contribution in [3.63, 3.8) is 0 Å².